The van der Waals surface area contributed by atoms with Crippen molar-refractivity contribution in [3.05, 3.63) is 35.2 Å². The van der Waals surface area contributed by atoms with Crippen LogP contribution in [-0.2, 0) is 0 Å². The number of nitrogen functional groups attached to an aromatic ring is 1. The molecule has 0 aliphatic carbocycles. The fraction of sp³-hybridized carbons (Fsp3) is 0.308. The van der Waals surface area contributed by atoms with Gasteiger partial charge in [-0.3, -0.25) is 10.1 Å². The van der Waals surface area contributed by atoms with E-state index in [-0.39, 0.29) is 11.8 Å². The highest BCUT2D eigenvalue weighted by molar-refractivity contribution is 6.04. The lowest BCUT2D eigenvalue weighted by Gasteiger charge is -2.08. The lowest BCUT2D eigenvalue weighted by molar-refractivity contribution is 0.102. The van der Waals surface area contributed by atoms with Gasteiger partial charge in [0.2, 0.25) is 5.88 Å². The first-order valence-corrected chi connectivity index (χ1v) is 5.98. The predicted molar refractivity (Wildman–Crippen MR) is 71.9 cm³/mol. The van der Waals surface area contributed by atoms with Gasteiger partial charge < -0.3 is 10.3 Å². The SMILES string of the molecule is Cc1cc(NC(=O)c2cc(N)nc(C(C)C)c2)on1. The van der Waals surface area contributed by atoms with Crippen LogP contribution in [0.5, 0.6) is 0 Å². The molecule has 2 rings (SSSR count). The second-order valence-electron chi connectivity index (χ2n) is 4.65. The summed E-state index contributed by atoms with van der Waals surface area (Å²) in [5, 5.41) is 6.32. The molecule has 19 heavy (non-hydrogen) atoms. The third-order valence-corrected chi connectivity index (χ3v) is 2.58. The van der Waals surface area contributed by atoms with Gasteiger partial charge in [-0.05, 0) is 25.0 Å². The van der Waals surface area contributed by atoms with Gasteiger partial charge in [0.15, 0.2) is 0 Å². The summed E-state index contributed by atoms with van der Waals surface area (Å²) in [4.78, 5) is 16.3. The number of nitrogens with two attached hydrogens (primary N) is 1. The molecule has 6 heteroatoms. The van der Waals surface area contributed by atoms with E-state index in [1.54, 1.807) is 19.1 Å². The number of carbonyl (C=O) groups is 1. The summed E-state index contributed by atoms with van der Waals surface area (Å²) < 4.78 is 4.94. The Morgan fingerprint density at radius 2 is 2.11 bits per heavy atom. The monoisotopic (exact) mass is 260 g/mol. The van der Waals surface area contributed by atoms with E-state index in [9.17, 15) is 4.79 Å². The fourth-order valence-electron chi connectivity index (χ4n) is 1.61. The Kier molecular flexibility index (Phi) is 3.50. The average molecular weight is 260 g/mol. The molecule has 2 aromatic rings. The number of hydrogen-bond acceptors (Lipinski definition) is 5. The molecule has 0 saturated heterocycles. The fourth-order valence-corrected chi connectivity index (χ4v) is 1.61. The first-order chi connectivity index (χ1) is 8.95. The van der Waals surface area contributed by atoms with Gasteiger partial charge in [-0.15, -0.1) is 0 Å². The maximum absolute atomic E-state index is 12.1. The highest BCUT2D eigenvalue weighted by atomic mass is 16.5. The molecule has 6 nitrogen and oxygen atoms in total. The number of nitrogens with one attached hydrogen (secondary N) is 1. The van der Waals surface area contributed by atoms with Crippen LogP contribution >= 0.6 is 0 Å². The highest BCUT2D eigenvalue weighted by Crippen LogP contribution is 2.17. The molecule has 0 saturated carbocycles. The van der Waals surface area contributed by atoms with Crippen molar-refractivity contribution in [2.24, 2.45) is 0 Å². The maximum Gasteiger partial charge on any atom is 0.258 e. The van der Waals surface area contributed by atoms with Crippen molar-refractivity contribution in [3.8, 4) is 0 Å². The Labute approximate surface area is 111 Å². The molecule has 0 aromatic carbocycles. The zero-order valence-electron chi connectivity index (χ0n) is 11.1. The molecule has 0 aliphatic rings. The second kappa shape index (κ2) is 5.09. The van der Waals surface area contributed by atoms with Crippen molar-refractivity contribution in [1.29, 1.82) is 0 Å². The number of amides is 1. The third-order valence-electron chi connectivity index (χ3n) is 2.58. The third kappa shape index (κ3) is 3.09. The summed E-state index contributed by atoms with van der Waals surface area (Å²) in [6.07, 6.45) is 0. The zero-order chi connectivity index (χ0) is 14.0. The number of carbonyl (C=O) groups excluding carboxylic acids is 1. The van der Waals surface area contributed by atoms with Crippen LogP contribution in [0.2, 0.25) is 0 Å². The van der Waals surface area contributed by atoms with E-state index in [0.29, 0.717) is 23.0 Å². The van der Waals surface area contributed by atoms with Gasteiger partial charge in [-0.2, -0.15) is 0 Å². The summed E-state index contributed by atoms with van der Waals surface area (Å²) in [7, 11) is 0. The van der Waals surface area contributed by atoms with Crippen LogP contribution < -0.4 is 11.1 Å². The minimum absolute atomic E-state index is 0.197. The summed E-state index contributed by atoms with van der Waals surface area (Å²) >= 11 is 0. The van der Waals surface area contributed by atoms with Crippen LogP contribution in [0.4, 0.5) is 11.7 Å². The molecule has 0 unspecified atom stereocenters. The standard InChI is InChI=1S/C13H16N4O2/c1-7(2)10-5-9(6-11(14)15-10)13(18)16-12-4-8(3)17-19-12/h4-7H,1-3H3,(H2,14,15)(H,16,18). The first-order valence-electron chi connectivity index (χ1n) is 5.98. The van der Waals surface area contributed by atoms with E-state index >= 15 is 0 Å². The number of aromatic nitrogens is 2. The number of rotatable bonds is 3. The molecule has 0 radical (unpaired) electrons. The normalized spacial score (nSPS) is 10.7. The van der Waals surface area contributed by atoms with Crippen molar-refractivity contribution in [1.82, 2.24) is 10.1 Å². The maximum atomic E-state index is 12.1. The smallest absolute Gasteiger partial charge is 0.258 e. The molecule has 0 aliphatic heterocycles. The van der Waals surface area contributed by atoms with Crippen LogP contribution in [0.15, 0.2) is 22.7 Å². The van der Waals surface area contributed by atoms with Gasteiger partial charge in [0, 0.05) is 17.3 Å². The van der Waals surface area contributed by atoms with Crippen molar-refractivity contribution >= 4 is 17.6 Å². The van der Waals surface area contributed by atoms with Crippen LogP contribution in [-0.4, -0.2) is 16.0 Å². The van der Waals surface area contributed by atoms with Gasteiger partial charge in [-0.1, -0.05) is 19.0 Å². The number of hydrogen-bond donors (Lipinski definition) is 2. The zero-order valence-corrected chi connectivity index (χ0v) is 11.1. The largest absolute Gasteiger partial charge is 0.384 e. The van der Waals surface area contributed by atoms with Crippen LogP contribution in [0.1, 0.15) is 41.5 Å². The Hall–Kier alpha value is -2.37. The molecule has 0 bridgehead atoms. The van der Waals surface area contributed by atoms with E-state index in [2.05, 4.69) is 15.5 Å². The minimum Gasteiger partial charge on any atom is -0.384 e. The van der Waals surface area contributed by atoms with Gasteiger partial charge in [0.05, 0.1) is 5.69 Å². The number of anilines is 2. The molecule has 3 N–H and O–H groups in total. The topological polar surface area (TPSA) is 94.0 Å². The van der Waals surface area contributed by atoms with Crippen LogP contribution in [0.3, 0.4) is 0 Å². The van der Waals surface area contributed by atoms with E-state index in [1.807, 2.05) is 13.8 Å². The molecule has 0 fully saturated rings. The molecule has 0 atom stereocenters. The average Bonchev–Trinajstić information content (AvgIpc) is 2.73. The van der Waals surface area contributed by atoms with E-state index in [1.165, 1.54) is 6.07 Å². The molecular weight excluding hydrogens is 244 g/mol. The van der Waals surface area contributed by atoms with E-state index < -0.39 is 0 Å². The molecule has 100 valence electrons. The quantitative estimate of drug-likeness (QED) is 0.883. The van der Waals surface area contributed by atoms with E-state index in [4.69, 9.17) is 10.3 Å². The Balaban J connectivity index is 2.23. The summed E-state index contributed by atoms with van der Waals surface area (Å²) in [5.41, 5.74) is 7.63. The number of nitrogens with zero attached hydrogens (tertiary/aromatic N) is 2. The number of aryl methyl sites for hydroxylation is 1. The second-order valence-corrected chi connectivity index (χ2v) is 4.65. The Bertz CT molecular complexity index is 604. The van der Waals surface area contributed by atoms with Crippen LogP contribution in [0, 0.1) is 6.92 Å². The lowest BCUT2D eigenvalue weighted by Crippen LogP contribution is -2.13. The van der Waals surface area contributed by atoms with Gasteiger partial charge in [-0.25, -0.2) is 4.98 Å². The van der Waals surface area contributed by atoms with E-state index in [0.717, 1.165) is 5.69 Å². The summed E-state index contributed by atoms with van der Waals surface area (Å²) in [5.74, 6) is 0.531. The lowest BCUT2D eigenvalue weighted by atomic mass is 10.1. The number of pyridine rings is 1. The minimum atomic E-state index is -0.299. The van der Waals surface area contributed by atoms with Crippen molar-refractivity contribution in [3.63, 3.8) is 0 Å². The first kappa shape index (κ1) is 13.1. The summed E-state index contributed by atoms with van der Waals surface area (Å²) in [6, 6.07) is 4.90. The molecular formula is C13H16N4O2. The van der Waals surface area contributed by atoms with Gasteiger partial charge >= 0.3 is 0 Å². The van der Waals surface area contributed by atoms with Crippen molar-refractivity contribution in [2.75, 3.05) is 11.1 Å². The molecule has 0 spiro atoms. The van der Waals surface area contributed by atoms with Crippen LogP contribution in [0.25, 0.3) is 0 Å². The predicted octanol–water partition coefficient (Wildman–Crippen LogP) is 2.34. The van der Waals surface area contributed by atoms with Crippen molar-refractivity contribution < 1.29 is 9.32 Å². The molecule has 2 aromatic heterocycles. The van der Waals surface area contributed by atoms with Gasteiger partial charge in [0.1, 0.15) is 5.82 Å². The summed E-state index contributed by atoms with van der Waals surface area (Å²) in [6.45, 7) is 5.76. The Morgan fingerprint density at radius 3 is 2.68 bits per heavy atom. The van der Waals surface area contributed by atoms with Gasteiger partial charge in [0.25, 0.3) is 5.91 Å². The molecule has 1 amide bonds. The van der Waals surface area contributed by atoms with Crippen molar-refractivity contribution in [2.45, 2.75) is 26.7 Å². The highest BCUT2D eigenvalue weighted by Gasteiger charge is 2.12. The molecule has 2 heterocycles. The Morgan fingerprint density at radius 1 is 1.37 bits per heavy atom.